The molecule has 4 nitrogen and oxygen atoms in total. The van der Waals surface area contributed by atoms with Gasteiger partial charge in [-0.1, -0.05) is 12.1 Å². The van der Waals surface area contributed by atoms with Gasteiger partial charge in [-0.15, -0.1) is 0 Å². The molecule has 0 aliphatic heterocycles. The lowest BCUT2D eigenvalue weighted by molar-refractivity contribution is -0.137. The Labute approximate surface area is 123 Å². The smallest absolute Gasteiger partial charge is 0.416 e. The van der Waals surface area contributed by atoms with E-state index in [0.717, 1.165) is 24.3 Å². The van der Waals surface area contributed by atoms with Gasteiger partial charge in [0.05, 0.1) is 5.56 Å². The van der Waals surface area contributed by atoms with Gasteiger partial charge in [-0.05, 0) is 35.9 Å². The standard InChI is InChI=1S/C15H11F3O4/c16-15(17,18)10-3-1-2-9(6-10)8-22-11-4-5-13(19)12(7-11)14(20)21/h1-7,19H,8H2,(H,20,21). The van der Waals surface area contributed by atoms with E-state index < -0.39 is 23.5 Å². The van der Waals surface area contributed by atoms with E-state index in [4.69, 9.17) is 9.84 Å². The molecule has 0 fully saturated rings. The summed E-state index contributed by atoms with van der Waals surface area (Å²) in [5.41, 5.74) is -0.841. The largest absolute Gasteiger partial charge is 0.507 e. The van der Waals surface area contributed by atoms with Gasteiger partial charge < -0.3 is 14.9 Å². The number of rotatable bonds is 4. The van der Waals surface area contributed by atoms with Gasteiger partial charge in [0.2, 0.25) is 0 Å². The topological polar surface area (TPSA) is 66.8 Å². The Hall–Kier alpha value is -2.70. The molecule has 2 N–H and O–H groups in total. The molecule has 0 saturated heterocycles. The third-order valence-electron chi connectivity index (χ3n) is 2.86. The lowest BCUT2D eigenvalue weighted by Gasteiger charge is -2.10. The zero-order valence-electron chi connectivity index (χ0n) is 11.1. The molecule has 0 bridgehead atoms. The molecule has 0 saturated carbocycles. The summed E-state index contributed by atoms with van der Waals surface area (Å²) in [5, 5.41) is 18.2. The van der Waals surface area contributed by atoms with Crippen LogP contribution < -0.4 is 4.74 Å². The fourth-order valence-electron chi connectivity index (χ4n) is 1.78. The summed E-state index contributed by atoms with van der Waals surface area (Å²) in [6.07, 6.45) is -4.44. The van der Waals surface area contributed by atoms with Gasteiger partial charge in [0.15, 0.2) is 0 Å². The van der Waals surface area contributed by atoms with E-state index in [0.29, 0.717) is 5.56 Å². The van der Waals surface area contributed by atoms with E-state index in [1.54, 1.807) is 0 Å². The SMILES string of the molecule is O=C(O)c1cc(OCc2cccc(C(F)(F)F)c2)ccc1O. The van der Waals surface area contributed by atoms with Crippen LogP contribution in [0.3, 0.4) is 0 Å². The number of hydrogen-bond acceptors (Lipinski definition) is 3. The van der Waals surface area contributed by atoms with E-state index >= 15 is 0 Å². The van der Waals surface area contributed by atoms with Gasteiger partial charge >= 0.3 is 12.1 Å². The normalized spacial score (nSPS) is 11.2. The summed E-state index contributed by atoms with van der Waals surface area (Å²) in [6, 6.07) is 8.21. The maximum absolute atomic E-state index is 12.6. The molecule has 2 aromatic carbocycles. The van der Waals surface area contributed by atoms with Crippen molar-refractivity contribution >= 4 is 5.97 Å². The number of ether oxygens (including phenoxy) is 1. The monoisotopic (exact) mass is 312 g/mol. The Kier molecular flexibility index (Phi) is 4.25. The van der Waals surface area contributed by atoms with Gasteiger partial charge in [0.25, 0.3) is 0 Å². The van der Waals surface area contributed by atoms with Gasteiger partial charge in [0, 0.05) is 0 Å². The molecule has 0 aliphatic rings. The third-order valence-corrected chi connectivity index (χ3v) is 2.86. The van der Waals surface area contributed by atoms with Gasteiger partial charge in [-0.25, -0.2) is 4.79 Å². The molecule has 0 aliphatic carbocycles. The molecule has 0 spiro atoms. The quantitative estimate of drug-likeness (QED) is 0.903. The number of benzene rings is 2. The van der Waals surface area contributed by atoms with Crippen LogP contribution in [-0.2, 0) is 12.8 Å². The molecule has 2 rings (SSSR count). The summed E-state index contributed by atoms with van der Waals surface area (Å²) in [5.74, 6) is -1.62. The summed E-state index contributed by atoms with van der Waals surface area (Å²) in [7, 11) is 0. The van der Waals surface area contributed by atoms with Crippen LogP contribution in [0.15, 0.2) is 42.5 Å². The van der Waals surface area contributed by atoms with Crippen LogP contribution in [-0.4, -0.2) is 16.2 Å². The number of aromatic hydroxyl groups is 1. The van der Waals surface area contributed by atoms with Crippen molar-refractivity contribution in [3.05, 3.63) is 59.2 Å². The molecule has 22 heavy (non-hydrogen) atoms. The lowest BCUT2D eigenvalue weighted by atomic mass is 10.1. The van der Waals surface area contributed by atoms with Crippen molar-refractivity contribution in [1.82, 2.24) is 0 Å². The van der Waals surface area contributed by atoms with Crippen LogP contribution in [0.1, 0.15) is 21.5 Å². The van der Waals surface area contributed by atoms with Crippen LogP contribution in [0.5, 0.6) is 11.5 Å². The molecule has 7 heteroatoms. The van der Waals surface area contributed by atoms with Gasteiger partial charge in [-0.3, -0.25) is 0 Å². The van der Waals surface area contributed by atoms with Crippen molar-refractivity contribution in [2.75, 3.05) is 0 Å². The number of phenols is 1. The molecule has 0 heterocycles. The van der Waals surface area contributed by atoms with Crippen molar-refractivity contribution in [1.29, 1.82) is 0 Å². The highest BCUT2D eigenvalue weighted by molar-refractivity contribution is 5.91. The van der Waals surface area contributed by atoms with Crippen LogP contribution in [0.2, 0.25) is 0 Å². The highest BCUT2D eigenvalue weighted by Gasteiger charge is 2.30. The van der Waals surface area contributed by atoms with E-state index in [2.05, 4.69) is 0 Å². The Bertz CT molecular complexity index is 695. The molecule has 116 valence electrons. The first-order valence-corrected chi connectivity index (χ1v) is 6.12. The summed E-state index contributed by atoms with van der Waals surface area (Å²) in [4.78, 5) is 10.9. The van der Waals surface area contributed by atoms with Crippen molar-refractivity contribution in [2.45, 2.75) is 12.8 Å². The minimum Gasteiger partial charge on any atom is -0.507 e. The summed E-state index contributed by atoms with van der Waals surface area (Å²) in [6.45, 7) is -0.159. The zero-order valence-corrected chi connectivity index (χ0v) is 11.1. The number of aromatic carboxylic acids is 1. The van der Waals surface area contributed by atoms with Crippen LogP contribution >= 0.6 is 0 Å². The maximum atomic E-state index is 12.6. The Morgan fingerprint density at radius 2 is 1.86 bits per heavy atom. The summed E-state index contributed by atoms with van der Waals surface area (Å²) < 4.78 is 43.0. The molecular weight excluding hydrogens is 301 g/mol. The molecule has 0 atom stereocenters. The Morgan fingerprint density at radius 1 is 1.14 bits per heavy atom. The average molecular weight is 312 g/mol. The van der Waals surface area contributed by atoms with Crippen molar-refractivity contribution < 1.29 is 32.9 Å². The first-order chi connectivity index (χ1) is 10.3. The third kappa shape index (κ3) is 3.69. The number of carboxylic acids is 1. The van der Waals surface area contributed by atoms with Gasteiger partial charge in [0.1, 0.15) is 23.7 Å². The summed E-state index contributed by atoms with van der Waals surface area (Å²) >= 11 is 0. The first-order valence-electron chi connectivity index (χ1n) is 6.12. The van der Waals surface area contributed by atoms with Crippen molar-refractivity contribution in [2.24, 2.45) is 0 Å². The second kappa shape index (κ2) is 5.97. The highest BCUT2D eigenvalue weighted by atomic mass is 19.4. The second-order valence-electron chi connectivity index (χ2n) is 4.47. The molecule has 0 amide bonds. The number of carboxylic acid groups (broad SMARTS) is 1. The minimum atomic E-state index is -4.44. The average Bonchev–Trinajstić information content (AvgIpc) is 2.45. The molecular formula is C15H11F3O4. The van der Waals surface area contributed by atoms with E-state index in [-0.39, 0.29) is 17.9 Å². The fourth-order valence-corrected chi connectivity index (χ4v) is 1.78. The predicted molar refractivity (Wildman–Crippen MR) is 70.8 cm³/mol. The van der Waals surface area contributed by atoms with Crippen LogP contribution in [0.4, 0.5) is 13.2 Å². The van der Waals surface area contributed by atoms with Crippen LogP contribution in [0, 0.1) is 0 Å². The molecule has 0 aromatic heterocycles. The highest BCUT2D eigenvalue weighted by Crippen LogP contribution is 2.30. The Morgan fingerprint density at radius 3 is 2.50 bits per heavy atom. The van der Waals surface area contributed by atoms with Crippen molar-refractivity contribution in [3.8, 4) is 11.5 Å². The van der Waals surface area contributed by atoms with Crippen molar-refractivity contribution in [3.63, 3.8) is 0 Å². The number of carbonyl (C=O) groups is 1. The zero-order chi connectivity index (χ0) is 16.3. The number of alkyl halides is 3. The van der Waals surface area contributed by atoms with Crippen LogP contribution in [0.25, 0.3) is 0 Å². The fraction of sp³-hybridized carbons (Fsp3) is 0.133. The van der Waals surface area contributed by atoms with E-state index in [9.17, 15) is 23.1 Å². The predicted octanol–water partition coefficient (Wildman–Crippen LogP) is 3.69. The minimum absolute atomic E-state index is 0.132. The van der Waals surface area contributed by atoms with E-state index in [1.807, 2.05) is 0 Å². The molecule has 0 radical (unpaired) electrons. The number of hydrogen-bond donors (Lipinski definition) is 2. The number of halogens is 3. The maximum Gasteiger partial charge on any atom is 0.416 e. The lowest BCUT2D eigenvalue weighted by Crippen LogP contribution is -2.06. The Balaban J connectivity index is 2.14. The van der Waals surface area contributed by atoms with Gasteiger partial charge in [-0.2, -0.15) is 13.2 Å². The van der Waals surface area contributed by atoms with E-state index in [1.165, 1.54) is 18.2 Å². The second-order valence-corrected chi connectivity index (χ2v) is 4.47. The first kappa shape index (κ1) is 15.7. The molecule has 2 aromatic rings. The molecule has 0 unspecified atom stereocenters.